The van der Waals surface area contributed by atoms with E-state index in [2.05, 4.69) is 111 Å². The van der Waals surface area contributed by atoms with Gasteiger partial charge in [-0.05, 0) is 85.2 Å². The second kappa shape index (κ2) is 38.0. The van der Waals surface area contributed by atoms with Crippen LogP contribution in [0, 0.1) is 0 Å². The fraction of sp³-hybridized carbons (Fsp3) is 0.484. The predicted molar refractivity (Wildman–Crippen MR) is 426 cm³/mol. The summed E-state index contributed by atoms with van der Waals surface area (Å²) in [5.41, 5.74) is 0. The van der Waals surface area contributed by atoms with E-state index in [9.17, 15) is 0 Å². The molecule has 474 valence electrons. The van der Waals surface area contributed by atoms with Gasteiger partial charge < -0.3 is 28.4 Å². The molecule has 9 heterocycles. The van der Waals surface area contributed by atoms with Crippen molar-refractivity contribution >= 4 is 259 Å². The molecule has 0 unspecified atom stereocenters. The maximum absolute atomic E-state index is 6.09. The molecule has 0 spiro atoms. The van der Waals surface area contributed by atoms with E-state index in [0.29, 0.717) is 0 Å². The smallest absolute Gasteiger partial charge is 0.179 e. The predicted octanol–water partition coefficient (Wildman–Crippen LogP) is 27.8. The topological polar surface area (TPSA) is 55.4 Å². The highest BCUT2D eigenvalue weighted by atomic mass is 32.3. The lowest BCUT2D eigenvalue weighted by Gasteiger charge is -2.06. The first-order valence-electron chi connectivity index (χ1n) is 29.3. The summed E-state index contributed by atoms with van der Waals surface area (Å²) in [6.45, 7) is 9.15. The van der Waals surface area contributed by atoms with E-state index in [-0.39, 0.29) is 0 Å². The van der Waals surface area contributed by atoms with E-state index >= 15 is 0 Å². The number of unbranched alkanes of at least 4 members (excludes halogenated alkanes) is 12. The van der Waals surface area contributed by atoms with Gasteiger partial charge in [0.25, 0.3) is 0 Å². The average Bonchev–Trinajstić information content (AvgIpc) is 2.53. The molecule has 3 aromatic rings. The second-order valence-corrected chi connectivity index (χ2v) is 43.5. The van der Waals surface area contributed by atoms with Crippen LogP contribution < -0.4 is 28.4 Å². The van der Waals surface area contributed by atoms with E-state index in [0.717, 1.165) is 63.8 Å². The number of ether oxygens (including phenoxy) is 6. The van der Waals surface area contributed by atoms with Crippen molar-refractivity contribution in [3.63, 3.8) is 0 Å². The minimum atomic E-state index is 0.772. The first-order chi connectivity index (χ1) is 42.6. The quantitative estimate of drug-likeness (QED) is 0.0519. The summed E-state index contributed by atoms with van der Waals surface area (Å²) in [4.78, 5) is 6.47. The Morgan fingerprint density at radius 3 is 0.609 bits per heavy atom. The normalized spacial score (nSPS) is 16.6. The minimum absolute atomic E-state index is 0.772. The summed E-state index contributed by atoms with van der Waals surface area (Å²) in [7, 11) is 10.5. The van der Waals surface area contributed by atoms with Gasteiger partial charge in [0, 0.05) is 0 Å². The molecule has 9 rings (SSSR count). The summed E-state index contributed by atoms with van der Waals surface area (Å²) in [5, 5.41) is 0. The second-order valence-electron chi connectivity index (χ2n) is 19.6. The van der Waals surface area contributed by atoms with Crippen LogP contribution in [0.25, 0.3) is 36.5 Å². The fourth-order valence-corrected chi connectivity index (χ4v) is 37.3. The zero-order chi connectivity index (χ0) is 61.1. The van der Waals surface area contributed by atoms with Gasteiger partial charge in [-0.2, -0.15) is 0 Å². The molecule has 0 aromatic carbocycles. The molecular formula is C62H76O6S19. The molecule has 0 bridgehead atoms. The molecule has 0 radical (unpaired) electrons. The number of hydrogen-bond acceptors (Lipinski definition) is 25. The lowest BCUT2D eigenvalue weighted by atomic mass is 10.2. The lowest BCUT2D eigenvalue weighted by molar-refractivity contribution is 0.357. The Labute approximate surface area is 598 Å². The van der Waals surface area contributed by atoms with Gasteiger partial charge in [0.15, 0.2) is 34.5 Å². The molecule has 0 atom stereocenters. The van der Waals surface area contributed by atoms with Crippen molar-refractivity contribution in [2.24, 2.45) is 0 Å². The molecule has 0 saturated heterocycles. The van der Waals surface area contributed by atoms with E-state index in [1.54, 1.807) is 76.7 Å². The molecule has 0 aliphatic carbocycles. The summed E-state index contributed by atoms with van der Waals surface area (Å²) < 4.78 is 55.2. The third-order valence-corrected chi connectivity index (χ3v) is 38.2. The van der Waals surface area contributed by atoms with Crippen LogP contribution in [0.2, 0.25) is 0 Å². The highest BCUT2D eigenvalue weighted by molar-refractivity contribution is 8.49. The van der Waals surface area contributed by atoms with E-state index in [1.807, 2.05) is 141 Å². The molecule has 87 heavy (non-hydrogen) atoms. The van der Waals surface area contributed by atoms with Crippen molar-refractivity contribution in [1.29, 1.82) is 0 Å². The van der Waals surface area contributed by atoms with Crippen molar-refractivity contribution in [3.05, 3.63) is 88.6 Å². The van der Waals surface area contributed by atoms with Gasteiger partial charge in [-0.3, -0.25) is 0 Å². The van der Waals surface area contributed by atoms with Crippen molar-refractivity contribution in [2.45, 2.75) is 130 Å². The summed E-state index contributed by atoms with van der Waals surface area (Å²) in [6, 6.07) is 0. The zero-order valence-electron chi connectivity index (χ0n) is 50.8. The lowest BCUT2D eigenvalue weighted by Crippen LogP contribution is -1.89. The highest BCUT2D eigenvalue weighted by Gasteiger charge is 2.35. The monoisotopic (exact) mass is 1520 g/mol. The van der Waals surface area contributed by atoms with Crippen molar-refractivity contribution in [3.8, 4) is 34.5 Å². The third-order valence-electron chi connectivity index (χ3n) is 13.2. The first-order valence-corrected chi connectivity index (χ1v) is 45.5. The third kappa shape index (κ3) is 20.0. The molecule has 25 heteroatoms. The van der Waals surface area contributed by atoms with Crippen LogP contribution in [0.5, 0.6) is 34.5 Å². The van der Waals surface area contributed by atoms with E-state index < -0.39 is 0 Å². The average molecular weight is 1530 g/mol. The molecule has 3 aromatic heterocycles. The van der Waals surface area contributed by atoms with Gasteiger partial charge in [-0.25, -0.2) is 0 Å². The minimum Gasteiger partial charge on any atom is -0.491 e. The van der Waals surface area contributed by atoms with Crippen LogP contribution >= 0.6 is 222 Å². The van der Waals surface area contributed by atoms with Crippen LogP contribution in [0.15, 0.2) is 59.3 Å². The number of hydrogen-bond donors (Lipinski definition) is 0. The van der Waals surface area contributed by atoms with Crippen LogP contribution in [-0.4, -0.2) is 65.7 Å². The zero-order valence-corrected chi connectivity index (χ0v) is 66.3. The van der Waals surface area contributed by atoms with E-state index in [1.165, 1.54) is 185 Å². The maximum atomic E-state index is 6.09. The Balaban J connectivity index is 0.819. The van der Waals surface area contributed by atoms with Gasteiger partial charge >= 0.3 is 0 Å². The van der Waals surface area contributed by atoms with Crippen LogP contribution in [0.1, 0.15) is 160 Å². The van der Waals surface area contributed by atoms with Crippen LogP contribution in [0.4, 0.5) is 0 Å². The molecular weight excluding hydrogens is 1450 g/mol. The standard InChI is InChI=1S/C62H76O6S19/c1-11-15-19-23-27-69-55-56(70-28-24-20-16-12-2)77-43(76-55)31-37-49(63-5)51(65-7)39(73-37)33-45-80-59-60(81-45)85-47(84-59)35-41-53(67-9)54(68-10)42(75-41)36-48-86-61-62(87-48)83-46(82-61)34-40-52(66-8)50(64-6)38(74-40)32-44-78-57(71-29-25-21-17-13-3)58(79-44)72-30-26-22-18-14-4/h31-36H,11-30H2,1-10H3. The van der Waals surface area contributed by atoms with Gasteiger partial charge in [-0.15, -0.1) is 81.1 Å². The molecule has 0 amide bonds. The first kappa shape index (κ1) is 72.2. The Hall–Kier alpha value is 0.900. The molecule has 0 saturated carbocycles. The number of thiophene rings is 3. The van der Waals surface area contributed by atoms with Gasteiger partial charge in [-0.1, -0.05) is 246 Å². The Morgan fingerprint density at radius 2 is 0.437 bits per heavy atom. The van der Waals surface area contributed by atoms with Gasteiger partial charge in [0.05, 0.1) is 131 Å². The Bertz CT molecular complexity index is 2900. The van der Waals surface area contributed by atoms with Gasteiger partial charge in [0.2, 0.25) is 0 Å². The van der Waals surface area contributed by atoms with Crippen molar-refractivity contribution in [2.75, 3.05) is 65.7 Å². The molecule has 0 fully saturated rings. The highest BCUT2D eigenvalue weighted by Crippen LogP contribution is 2.70. The maximum Gasteiger partial charge on any atom is 0.179 e. The van der Waals surface area contributed by atoms with Crippen LogP contribution in [-0.2, 0) is 0 Å². The fourth-order valence-electron chi connectivity index (χ4n) is 8.96. The van der Waals surface area contributed by atoms with E-state index in [4.69, 9.17) is 28.4 Å². The molecule has 0 N–H and O–H groups in total. The summed E-state index contributed by atoms with van der Waals surface area (Å²) in [6.07, 6.45) is 34.5. The molecule has 6 aliphatic rings. The van der Waals surface area contributed by atoms with Crippen molar-refractivity contribution < 1.29 is 28.4 Å². The summed E-state index contributed by atoms with van der Waals surface area (Å²) >= 11 is 35.9. The SMILES string of the molecule is CCCCCCSC1=C(SCCCCCC)SC(=Cc2sc(C=C3SC4=C(S3)SC(=Cc3sc(C=C5SC6=C(SC(=Cc7sc(C=C8SC(SCCCCCC)=C(SCCCCCC)S8)c(OC)c7OC)S6)S5)c(OC)c3OC)S4)c(OC)c2OC)S1. The molecule has 6 aliphatic heterocycles. The largest absolute Gasteiger partial charge is 0.491 e. The van der Waals surface area contributed by atoms with Gasteiger partial charge in [0.1, 0.15) is 0 Å². The number of thioether (sulfide) groups is 16. The number of methoxy groups -OCH3 is 6. The van der Waals surface area contributed by atoms with Crippen LogP contribution in [0.3, 0.4) is 0 Å². The Morgan fingerprint density at radius 1 is 0.253 bits per heavy atom. The van der Waals surface area contributed by atoms with Crippen molar-refractivity contribution in [1.82, 2.24) is 0 Å². The summed E-state index contributed by atoms with van der Waals surface area (Å²) in [5.74, 6) is 9.49. The Kier molecular flexibility index (Phi) is 31.5. The molecule has 6 nitrogen and oxygen atoms in total. The number of rotatable bonds is 36.